The molecule has 0 saturated heterocycles. The van der Waals surface area contributed by atoms with Crippen molar-refractivity contribution in [3.8, 4) is 33.8 Å². The summed E-state index contributed by atoms with van der Waals surface area (Å²) in [4.78, 5) is 4.32. The lowest BCUT2D eigenvalue weighted by atomic mass is 9.90. The third-order valence-corrected chi connectivity index (χ3v) is 10.1. The van der Waals surface area contributed by atoms with Crippen molar-refractivity contribution in [3.63, 3.8) is 0 Å². The van der Waals surface area contributed by atoms with E-state index in [9.17, 15) is 0 Å². The Bertz CT molecular complexity index is 2430. The number of nitrogens with zero attached hydrogens (tertiary/aromatic N) is 1. The third-order valence-electron chi connectivity index (χ3n) is 8.99. The number of ether oxygens (including phenoxy) is 1. The lowest BCUT2D eigenvalue weighted by Gasteiger charge is -2.20. The maximum absolute atomic E-state index is 6.26. The molecule has 0 atom stereocenters. The van der Waals surface area contributed by atoms with Gasteiger partial charge < -0.3 is 9.64 Å². The van der Waals surface area contributed by atoms with E-state index in [1.807, 2.05) is 26.2 Å². The van der Waals surface area contributed by atoms with Gasteiger partial charge in [0.2, 0.25) is 0 Å². The van der Waals surface area contributed by atoms with Gasteiger partial charge in [0.25, 0.3) is 0 Å². The standard InChI is InChI=1S/C45H35NOS/c1-30(13-5-4-12-24-46(2)3)33-25-34(27-35(26-33)32-21-23-43-45(29-32)48-44-19-11-10-18-42(44)47-43)31-20-22-40-38-16-7-6-14-36(38)37-15-8-9-17-39(37)41(40)28-31/h5-12,14-29H,4H2,1-3H3/b24-12-. The van der Waals surface area contributed by atoms with Crippen LogP contribution < -0.4 is 4.74 Å². The maximum atomic E-state index is 6.26. The van der Waals surface area contributed by atoms with Crippen LogP contribution in [-0.4, -0.2) is 19.0 Å². The highest BCUT2D eigenvalue weighted by atomic mass is 32.2. The van der Waals surface area contributed by atoms with Crippen molar-refractivity contribution in [2.75, 3.05) is 14.1 Å². The Labute approximate surface area is 286 Å². The highest BCUT2D eigenvalue weighted by molar-refractivity contribution is 7.99. The number of benzene rings is 7. The number of para-hydroxylation sites is 1. The molecular formula is C45H35NOS. The highest BCUT2D eigenvalue weighted by Gasteiger charge is 2.19. The van der Waals surface area contributed by atoms with Gasteiger partial charge in [0.15, 0.2) is 0 Å². The van der Waals surface area contributed by atoms with Gasteiger partial charge in [-0.25, -0.2) is 0 Å². The van der Waals surface area contributed by atoms with Crippen LogP contribution in [0.15, 0.2) is 161 Å². The predicted octanol–water partition coefficient (Wildman–Crippen LogP) is 12.8. The largest absolute Gasteiger partial charge is 0.455 e. The molecule has 0 N–H and O–H groups in total. The Hall–Kier alpha value is -5.47. The average Bonchev–Trinajstić information content (AvgIpc) is 3.13. The second-order valence-corrected chi connectivity index (χ2v) is 13.6. The Kier molecular flexibility index (Phi) is 7.86. The van der Waals surface area contributed by atoms with Crippen LogP contribution in [-0.2, 0) is 0 Å². The molecule has 0 unspecified atom stereocenters. The minimum Gasteiger partial charge on any atom is -0.455 e. The number of rotatable bonds is 6. The summed E-state index contributed by atoms with van der Waals surface area (Å²) in [6.45, 7) is 2.16. The highest BCUT2D eigenvalue weighted by Crippen LogP contribution is 2.48. The Morgan fingerprint density at radius 3 is 1.90 bits per heavy atom. The smallest absolute Gasteiger partial charge is 0.141 e. The number of allylic oxidation sites excluding steroid dienone is 2. The fraction of sp³-hybridized carbons (Fsp3) is 0.0889. The fourth-order valence-electron chi connectivity index (χ4n) is 6.61. The second kappa shape index (κ2) is 12.6. The Morgan fingerprint density at radius 1 is 0.604 bits per heavy atom. The molecule has 1 aliphatic heterocycles. The summed E-state index contributed by atoms with van der Waals surface area (Å²) in [5.74, 6) is 1.81. The monoisotopic (exact) mass is 637 g/mol. The summed E-state index contributed by atoms with van der Waals surface area (Å²) < 4.78 is 6.26. The van der Waals surface area contributed by atoms with Gasteiger partial charge in [-0.15, -0.1) is 5.73 Å². The molecule has 1 heterocycles. The van der Waals surface area contributed by atoms with Crippen molar-refractivity contribution in [1.82, 2.24) is 4.90 Å². The maximum Gasteiger partial charge on any atom is 0.141 e. The topological polar surface area (TPSA) is 12.5 Å². The first-order valence-corrected chi connectivity index (χ1v) is 17.2. The molecule has 48 heavy (non-hydrogen) atoms. The molecule has 7 aromatic rings. The molecule has 2 nitrogen and oxygen atoms in total. The molecule has 0 bridgehead atoms. The molecule has 1 aliphatic rings. The van der Waals surface area contributed by atoms with E-state index in [2.05, 4.69) is 151 Å². The summed E-state index contributed by atoms with van der Waals surface area (Å²) in [5, 5.41) is 7.70. The summed E-state index contributed by atoms with van der Waals surface area (Å²) in [6, 6.07) is 46.2. The summed E-state index contributed by atoms with van der Waals surface area (Å²) in [7, 11) is 4.08. The van der Waals surface area contributed by atoms with Gasteiger partial charge in [-0.3, -0.25) is 0 Å². The molecule has 232 valence electrons. The molecule has 0 amide bonds. The zero-order chi connectivity index (χ0) is 32.6. The lowest BCUT2D eigenvalue weighted by molar-refractivity contribution is 0.454. The van der Waals surface area contributed by atoms with Crippen LogP contribution in [0.5, 0.6) is 11.5 Å². The van der Waals surface area contributed by atoms with Crippen LogP contribution in [0.4, 0.5) is 0 Å². The Morgan fingerprint density at radius 2 is 1.19 bits per heavy atom. The van der Waals surface area contributed by atoms with E-state index in [-0.39, 0.29) is 0 Å². The van der Waals surface area contributed by atoms with Crippen molar-refractivity contribution in [2.45, 2.75) is 23.1 Å². The van der Waals surface area contributed by atoms with Gasteiger partial charge in [-0.2, -0.15) is 0 Å². The van der Waals surface area contributed by atoms with Gasteiger partial charge in [-0.05, 0) is 140 Å². The van der Waals surface area contributed by atoms with Gasteiger partial charge in [-0.1, -0.05) is 96.7 Å². The molecule has 0 saturated carbocycles. The zero-order valence-electron chi connectivity index (χ0n) is 27.3. The van der Waals surface area contributed by atoms with Crippen LogP contribution in [0.3, 0.4) is 0 Å². The van der Waals surface area contributed by atoms with Crippen LogP contribution >= 0.6 is 11.8 Å². The zero-order valence-corrected chi connectivity index (χ0v) is 28.1. The first kappa shape index (κ1) is 29.9. The third kappa shape index (κ3) is 5.69. The van der Waals surface area contributed by atoms with Gasteiger partial charge in [0.05, 0.1) is 9.79 Å². The van der Waals surface area contributed by atoms with E-state index in [0.717, 1.165) is 44.4 Å². The van der Waals surface area contributed by atoms with Crippen LogP contribution in [0, 0.1) is 0 Å². The molecule has 0 aliphatic carbocycles. The first-order chi connectivity index (χ1) is 23.5. The average molecular weight is 638 g/mol. The molecule has 0 radical (unpaired) electrons. The predicted molar refractivity (Wildman–Crippen MR) is 205 cm³/mol. The van der Waals surface area contributed by atoms with Crippen molar-refractivity contribution in [1.29, 1.82) is 0 Å². The van der Waals surface area contributed by atoms with E-state index >= 15 is 0 Å². The lowest BCUT2D eigenvalue weighted by Crippen LogP contribution is -1.99. The molecule has 7 aromatic carbocycles. The van der Waals surface area contributed by atoms with Gasteiger partial charge in [0.1, 0.15) is 11.5 Å². The number of hydrogen-bond acceptors (Lipinski definition) is 3. The van der Waals surface area contributed by atoms with Crippen molar-refractivity contribution >= 4 is 49.7 Å². The van der Waals surface area contributed by atoms with E-state index in [1.54, 1.807) is 11.8 Å². The summed E-state index contributed by atoms with van der Waals surface area (Å²) >= 11 is 1.77. The molecule has 0 spiro atoms. The van der Waals surface area contributed by atoms with Crippen LogP contribution in [0.2, 0.25) is 0 Å². The molecule has 0 fully saturated rings. The van der Waals surface area contributed by atoms with E-state index in [4.69, 9.17) is 4.74 Å². The number of hydrogen-bond donors (Lipinski definition) is 0. The van der Waals surface area contributed by atoms with Crippen LogP contribution in [0.25, 0.3) is 60.1 Å². The Balaban J connectivity index is 1.28. The fourth-order valence-corrected chi connectivity index (χ4v) is 7.60. The van der Waals surface area contributed by atoms with Gasteiger partial charge in [0, 0.05) is 14.1 Å². The first-order valence-electron chi connectivity index (χ1n) is 16.3. The number of fused-ring (bicyclic) bond motifs is 8. The SMILES string of the molecule is CC(=C=CC/C=C\N(C)C)c1cc(-c2ccc3c(c2)Sc2ccccc2O3)cc(-c2ccc3c4ccccc4c4ccccc4c3c2)c1. The van der Waals surface area contributed by atoms with E-state index in [1.165, 1.54) is 49.0 Å². The minimum absolute atomic E-state index is 0.831. The van der Waals surface area contributed by atoms with E-state index in [0.29, 0.717) is 0 Å². The van der Waals surface area contributed by atoms with Crippen molar-refractivity contribution in [3.05, 3.63) is 157 Å². The van der Waals surface area contributed by atoms with E-state index < -0.39 is 0 Å². The van der Waals surface area contributed by atoms with Crippen LogP contribution in [0.1, 0.15) is 18.9 Å². The van der Waals surface area contributed by atoms with Crippen molar-refractivity contribution in [2.24, 2.45) is 0 Å². The quantitative estimate of drug-likeness (QED) is 0.133. The molecule has 0 aromatic heterocycles. The molecular weight excluding hydrogens is 603 g/mol. The minimum atomic E-state index is 0.831. The molecule has 8 rings (SSSR count). The van der Waals surface area contributed by atoms with Gasteiger partial charge >= 0.3 is 0 Å². The summed E-state index contributed by atoms with van der Waals surface area (Å²) in [6.07, 6.45) is 7.17. The summed E-state index contributed by atoms with van der Waals surface area (Å²) in [5.41, 5.74) is 10.5. The molecule has 3 heteroatoms. The van der Waals surface area contributed by atoms with Crippen molar-refractivity contribution < 1.29 is 4.74 Å². The second-order valence-electron chi connectivity index (χ2n) is 12.5. The normalized spacial score (nSPS) is 12.1.